The summed E-state index contributed by atoms with van der Waals surface area (Å²) in [5, 5.41) is 2.18. The Kier molecular flexibility index (Phi) is 2.55. The van der Waals surface area contributed by atoms with E-state index in [1.54, 1.807) is 0 Å². The first-order chi connectivity index (χ1) is 7.58. The first kappa shape index (κ1) is 10.5. The molecule has 1 unspecified atom stereocenters. The van der Waals surface area contributed by atoms with Gasteiger partial charge in [-0.1, -0.05) is 0 Å². The molecule has 16 heavy (non-hydrogen) atoms. The molecule has 1 fully saturated rings. The monoisotopic (exact) mass is 222 g/mol. The van der Waals surface area contributed by atoms with E-state index in [9.17, 15) is 19.2 Å². The molecule has 6 heteroatoms. The SMILES string of the molecule is O=C1CC(CCN2C(=O)C=CC2=O)C(=O)N1. The molecule has 0 bridgehead atoms. The van der Waals surface area contributed by atoms with Crippen molar-refractivity contribution in [3.8, 4) is 0 Å². The Hall–Kier alpha value is -1.98. The lowest BCUT2D eigenvalue weighted by Crippen LogP contribution is -2.33. The number of nitrogens with zero attached hydrogens (tertiary/aromatic N) is 1. The molecule has 0 aliphatic carbocycles. The quantitative estimate of drug-likeness (QED) is 0.618. The molecule has 84 valence electrons. The maximum absolute atomic E-state index is 11.2. The number of hydrogen-bond donors (Lipinski definition) is 1. The molecule has 0 aromatic rings. The summed E-state index contributed by atoms with van der Waals surface area (Å²) in [7, 11) is 0. The second-order valence-electron chi connectivity index (χ2n) is 3.76. The average Bonchev–Trinajstić information content (AvgIpc) is 2.69. The van der Waals surface area contributed by atoms with Gasteiger partial charge >= 0.3 is 0 Å². The second-order valence-corrected chi connectivity index (χ2v) is 3.76. The first-order valence-electron chi connectivity index (χ1n) is 4.95. The van der Waals surface area contributed by atoms with Crippen molar-refractivity contribution in [1.29, 1.82) is 0 Å². The number of hydrogen-bond acceptors (Lipinski definition) is 4. The molecule has 6 nitrogen and oxygen atoms in total. The van der Waals surface area contributed by atoms with Gasteiger partial charge < -0.3 is 0 Å². The van der Waals surface area contributed by atoms with Gasteiger partial charge in [0.1, 0.15) is 0 Å². The van der Waals surface area contributed by atoms with Crippen LogP contribution in [-0.2, 0) is 19.2 Å². The molecule has 2 aliphatic heterocycles. The number of rotatable bonds is 3. The fourth-order valence-electron chi connectivity index (χ4n) is 1.78. The summed E-state index contributed by atoms with van der Waals surface area (Å²) in [6.45, 7) is 0.177. The third-order valence-electron chi connectivity index (χ3n) is 2.67. The van der Waals surface area contributed by atoms with Gasteiger partial charge in [0.15, 0.2) is 0 Å². The second kappa shape index (κ2) is 3.88. The Morgan fingerprint density at radius 3 is 2.31 bits per heavy atom. The van der Waals surface area contributed by atoms with Gasteiger partial charge in [-0.25, -0.2) is 0 Å². The van der Waals surface area contributed by atoms with Gasteiger partial charge in [-0.3, -0.25) is 29.4 Å². The van der Waals surface area contributed by atoms with Gasteiger partial charge in [-0.15, -0.1) is 0 Å². The van der Waals surface area contributed by atoms with E-state index in [2.05, 4.69) is 5.32 Å². The van der Waals surface area contributed by atoms with E-state index in [1.165, 1.54) is 12.2 Å². The molecule has 2 aliphatic rings. The fraction of sp³-hybridized carbons (Fsp3) is 0.400. The number of imide groups is 2. The summed E-state index contributed by atoms with van der Waals surface area (Å²) in [4.78, 5) is 45.6. The topological polar surface area (TPSA) is 83.6 Å². The summed E-state index contributed by atoms with van der Waals surface area (Å²) in [5.41, 5.74) is 0. The van der Waals surface area contributed by atoms with E-state index in [1.807, 2.05) is 0 Å². The summed E-state index contributed by atoms with van der Waals surface area (Å²) < 4.78 is 0. The van der Waals surface area contributed by atoms with E-state index in [-0.39, 0.29) is 36.6 Å². The zero-order valence-electron chi connectivity index (χ0n) is 8.43. The summed E-state index contributed by atoms with van der Waals surface area (Å²) >= 11 is 0. The zero-order valence-corrected chi connectivity index (χ0v) is 8.43. The van der Waals surface area contributed by atoms with Crippen molar-refractivity contribution in [3.63, 3.8) is 0 Å². The summed E-state index contributed by atoms with van der Waals surface area (Å²) in [5.74, 6) is -1.78. The molecule has 4 amide bonds. The van der Waals surface area contributed by atoms with Crippen molar-refractivity contribution in [3.05, 3.63) is 12.2 Å². The number of nitrogens with one attached hydrogen (secondary N) is 1. The van der Waals surface area contributed by atoms with Crippen LogP contribution in [0.5, 0.6) is 0 Å². The Labute approximate surface area is 91.3 Å². The Balaban J connectivity index is 1.88. The van der Waals surface area contributed by atoms with Crippen molar-refractivity contribution >= 4 is 23.6 Å². The lowest BCUT2D eigenvalue weighted by atomic mass is 10.0. The van der Waals surface area contributed by atoms with Gasteiger partial charge in [-0.2, -0.15) is 0 Å². The minimum absolute atomic E-state index is 0.141. The minimum Gasteiger partial charge on any atom is -0.296 e. The van der Waals surface area contributed by atoms with Gasteiger partial charge in [0.2, 0.25) is 11.8 Å². The maximum atomic E-state index is 11.2. The van der Waals surface area contributed by atoms with Crippen LogP contribution < -0.4 is 5.32 Å². The molecule has 2 rings (SSSR count). The van der Waals surface area contributed by atoms with Crippen LogP contribution in [0.4, 0.5) is 0 Å². The molecule has 0 saturated carbocycles. The van der Waals surface area contributed by atoms with Crippen LogP contribution in [0.2, 0.25) is 0 Å². The molecular formula is C10H10N2O4. The largest absolute Gasteiger partial charge is 0.296 e. The van der Waals surface area contributed by atoms with Crippen LogP contribution in [0.3, 0.4) is 0 Å². The highest BCUT2D eigenvalue weighted by molar-refractivity contribution is 6.12. The van der Waals surface area contributed by atoms with E-state index < -0.39 is 5.92 Å². The minimum atomic E-state index is -0.423. The molecule has 0 radical (unpaired) electrons. The highest BCUT2D eigenvalue weighted by Crippen LogP contribution is 2.16. The molecule has 2 heterocycles. The maximum Gasteiger partial charge on any atom is 0.253 e. The summed E-state index contributed by atoms with van der Waals surface area (Å²) in [6, 6.07) is 0. The lowest BCUT2D eigenvalue weighted by Gasteiger charge is -2.14. The standard InChI is InChI=1S/C10H10N2O4/c13-7-5-6(10(16)11-7)3-4-12-8(14)1-2-9(12)15/h1-2,6H,3-5H2,(H,11,13,16). The molecule has 0 spiro atoms. The first-order valence-corrected chi connectivity index (χ1v) is 4.95. The Morgan fingerprint density at radius 2 is 1.81 bits per heavy atom. The Morgan fingerprint density at radius 1 is 1.19 bits per heavy atom. The third-order valence-corrected chi connectivity index (χ3v) is 2.67. The van der Waals surface area contributed by atoms with Crippen molar-refractivity contribution in [2.75, 3.05) is 6.54 Å². The zero-order chi connectivity index (χ0) is 11.7. The number of amides is 4. The fourth-order valence-corrected chi connectivity index (χ4v) is 1.78. The molecule has 1 atom stereocenters. The molecule has 1 N–H and O–H groups in total. The van der Waals surface area contributed by atoms with E-state index in [4.69, 9.17) is 0 Å². The number of carbonyl (C=O) groups excluding carboxylic acids is 4. The highest BCUT2D eigenvalue weighted by Gasteiger charge is 2.32. The Bertz CT molecular complexity index is 395. The van der Waals surface area contributed by atoms with Crippen LogP contribution in [0.25, 0.3) is 0 Å². The summed E-state index contributed by atoms with van der Waals surface area (Å²) in [6.07, 6.45) is 2.86. The third kappa shape index (κ3) is 1.86. The molecular weight excluding hydrogens is 212 g/mol. The van der Waals surface area contributed by atoms with Gasteiger partial charge in [-0.05, 0) is 6.42 Å². The molecule has 0 aromatic heterocycles. The molecule has 0 aromatic carbocycles. The smallest absolute Gasteiger partial charge is 0.253 e. The predicted octanol–water partition coefficient (Wildman–Crippen LogP) is -1.04. The van der Waals surface area contributed by atoms with Crippen LogP contribution in [0, 0.1) is 5.92 Å². The predicted molar refractivity (Wildman–Crippen MR) is 51.7 cm³/mol. The number of carbonyl (C=O) groups is 4. The van der Waals surface area contributed by atoms with Crippen molar-refractivity contribution in [1.82, 2.24) is 10.2 Å². The average molecular weight is 222 g/mol. The normalized spacial score (nSPS) is 24.5. The van der Waals surface area contributed by atoms with Gasteiger partial charge in [0, 0.05) is 31.0 Å². The van der Waals surface area contributed by atoms with Crippen LogP contribution in [0.1, 0.15) is 12.8 Å². The van der Waals surface area contributed by atoms with Crippen LogP contribution >= 0.6 is 0 Å². The van der Waals surface area contributed by atoms with Crippen molar-refractivity contribution in [2.24, 2.45) is 5.92 Å². The van der Waals surface area contributed by atoms with Crippen molar-refractivity contribution < 1.29 is 19.2 Å². The van der Waals surface area contributed by atoms with Crippen LogP contribution in [-0.4, -0.2) is 35.1 Å². The molecule has 1 saturated heterocycles. The highest BCUT2D eigenvalue weighted by atomic mass is 16.2. The van der Waals surface area contributed by atoms with Gasteiger partial charge in [0.25, 0.3) is 11.8 Å². The van der Waals surface area contributed by atoms with Gasteiger partial charge in [0.05, 0.1) is 0 Å². The van der Waals surface area contributed by atoms with E-state index in [0.717, 1.165) is 4.90 Å². The van der Waals surface area contributed by atoms with E-state index in [0.29, 0.717) is 6.42 Å². The van der Waals surface area contributed by atoms with Crippen molar-refractivity contribution in [2.45, 2.75) is 12.8 Å². The van der Waals surface area contributed by atoms with Crippen LogP contribution in [0.15, 0.2) is 12.2 Å². The van der Waals surface area contributed by atoms with E-state index >= 15 is 0 Å². The lowest BCUT2D eigenvalue weighted by molar-refractivity contribution is -0.137.